The lowest BCUT2D eigenvalue weighted by Crippen LogP contribution is -2.10. The van der Waals surface area contributed by atoms with Crippen molar-refractivity contribution in [2.45, 2.75) is 27.7 Å². The molecular formula is C9H13NO. The second-order valence-electron chi connectivity index (χ2n) is 3.01. The van der Waals surface area contributed by atoms with E-state index in [-0.39, 0.29) is 11.7 Å². The Labute approximate surface area is 67.5 Å². The normalized spacial score (nSPS) is 9.09. The average Bonchev–Trinajstić information content (AvgIpc) is 1.88. The number of hydrogen-bond acceptors (Lipinski definition) is 2. The van der Waals surface area contributed by atoms with Gasteiger partial charge in [-0.2, -0.15) is 5.26 Å². The third-order valence-electron chi connectivity index (χ3n) is 1.38. The first-order valence-corrected chi connectivity index (χ1v) is 3.62. The molecule has 0 aliphatic rings. The van der Waals surface area contributed by atoms with Gasteiger partial charge in [-0.15, -0.1) is 0 Å². The largest absolute Gasteiger partial charge is 0.293 e. The van der Waals surface area contributed by atoms with Gasteiger partial charge in [-0.25, -0.2) is 0 Å². The molecule has 2 heteroatoms. The second-order valence-corrected chi connectivity index (χ2v) is 3.01. The number of ketones is 1. The van der Waals surface area contributed by atoms with E-state index < -0.39 is 0 Å². The molecule has 0 atom stereocenters. The standard InChI is InChI=1S/C9H13NO/c1-6(2)8(5-10)9(11)7(3)4/h7H,1-4H3. The van der Waals surface area contributed by atoms with Gasteiger partial charge in [-0.1, -0.05) is 19.4 Å². The zero-order chi connectivity index (χ0) is 9.02. The monoisotopic (exact) mass is 151 g/mol. The number of Topliss-reactive ketones (excluding diaryl/α,β-unsaturated/α-hetero) is 1. The molecule has 0 aromatic carbocycles. The summed E-state index contributed by atoms with van der Waals surface area (Å²) in [5.74, 6) is -0.146. The fraction of sp³-hybridized carbons (Fsp3) is 0.556. The highest BCUT2D eigenvalue weighted by molar-refractivity contribution is 6.00. The van der Waals surface area contributed by atoms with Crippen molar-refractivity contribution in [2.75, 3.05) is 0 Å². The molecule has 0 saturated carbocycles. The van der Waals surface area contributed by atoms with E-state index in [2.05, 4.69) is 0 Å². The van der Waals surface area contributed by atoms with Crippen LogP contribution in [0.1, 0.15) is 27.7 Å². The van der Waals surface area contributed by atoms with Crippen molar-refractivity contribution in [3.05, 3.63) is 11.1 Å². The van der Waals surface area contributed by atoms with E-state index in [4.69, 9.17) is 5.26 Å². The number of carbonyl (C=O) groups excluding carboxylic acids is 1. The van der Waals surface area contributed by atoms with Gasteiger partial charge in [0, 0.05) is 5.92 Å². The fourth-order valence-electron chi connectivity index (χ4n) is 0.702. The van der Waals surface area contributed by atoms with E-state index in [0.717, 1.165) is 5.57 Å². The van der Waals surface area contributed by atoms with Gasteiger partial charge in [0.25, 0.3) is 0 Å². The SMILES string of the molecule is CC(C)=C(C#N)C(=O)C(C)C. The Kier molecular flexibility index (Phi) is 3.53. The molecule has 0 fully saturated rings. The van der Waals surface area contributed by atoms with Crippen molar-refractivity contribution in [1.29, 1.82) is 5.26 Å². The maximum absolute atomic E-state index is 11.2. The van der Waals surface area contributed by atoms with Gasteiger partial charge in [-0.3, -0.25) is 4.79 Å². The number of nitriles is 1. The van der Waals surface area contributed by atoms with Crippen LogP contribution in [-0.4, -0.2) is 5.78 Å². The summed E-state index contributed by atoms with van der Waals surface area (Å²) in [5.41, 5.74) is 1.10. The molecule has 0 aliphatic carbocycles. The highest BCUT2D eigenvalue weighted by Crippen LogP contribution is 2.09. The number of carbonyl (C=O) groups is 1. The third-order valence-corrected chi connectivity index (χ3v) is 1.38. The first-order chi connectivity index (χ1) is 5.00. The predicted octanol–water partition coefficient (Wildman–Crippen LogP) is 2.07. The van der Waals surface area contributed by atoms with Crippen LogP contribution >= 0.6 is 0 Å². The summed E-state index contributed by atoms with van der Waals surface area (Å²) < 4.78 is 0. The van der Waals surface area contributed by atoms with Gasteiger partial charge in [0.1, 0.15) is 6.07 Å². The Morgan fingerprint density at radius 3 is 1.91 bits per heavy atom. The third kappa shape index (κ3) is 2.55. The lowest BCUT2D eigenvalue weighted by molar-refractivity contribution is -0.117. The molecule has 0 bridgehead atoms. The summed E-state index contributed by atoms with van der Waals surface area (Å²) in [7, 11) is 0. The van der Waals surface area contributed by atoms with Crippen LogP contribution in [0.5, 0.6) is 0 Å². The summed E-state index contributed by atoms with van der Waals surface area (Å²) >= 11 is 0. The lowest BCUT2D eigenvalue weighted by atomic mass is 9.99. The summed E-state index contributed by atoms with van der Waals surface area (Å²) in [6, 6.07) is 1.91. The Morgan fingerprint density at radius 2 is 1.82 bits per heavy atom. The second kappa shape index (κ2) is 3.92. The van der Waals surface area contributed by atoms with Crippen molar-refractivity contribution in [2.24, 2.45) is 5.92 Å². The van der Waals surface area contributed by atoms with E-state index >= 15 is 0 Å². The molecule has 2 nitrogen and oxygen atoms in total. The van der Waals surface area contributed by atoms with Crippen LogP contribution < -0.4 is 0 Å². The molecule has 0 unspecified atom stereocenters. The van der Waals surface area contributed by atoms with Crippen LogP contribution in [0.2, 0.25) is 0 Å². The Bertz CT molecular complexity index is 226. The van der Waals surface area contributed by atoms with Crippen molar-refractivity contribution in [3.63, 3.8) is 0 Å². The first kappa shape index (κ1) is 9.90. The molecule has 0 radical (unpaired) electrons. The van der Waals surface area contributed by atoms with Crippen LogP contribution in [0.3, 0.4) is 0 Å². The molecule has 0 aromatic rings. The Morgan fingerprint density at radius 1 is 1.36 bits per heavy atom. The molecule has 0 amide bonds. The van der Waals surface area contributed by atoms with Crippen LogP contribution in [-0.2, 0) is 4.79 Å². The zero-order valence-electron chi connectivity index (χ0n) is 7.43. The summed E-state index contributed by atoms with van der Waals surface area (Å²) in [4.78, 5) is 11.2. The van der Waals surface area contributed by atoms with E-state index in [1.807, 2.05) is 6.07 Å². The smallest absolute Gasteiger partial charge is 0.175 e. The van der Waals surface area contributed by atoms with Crippen LogP contribution in [0.15, 0.2) is 11.1 Å². The maximum atomic E-state index is 11.2. The number of rotatable bonds is 2. The van der Waals surface area contributed by atoms with E-state index in [1.165, 1.54) is 0 Å². The van der Waals surface area contributed by atoms with Crippen LogP contribution in [0.4, 0.5) is 0 Å². The average molecular weight is 151 g/mol. The quantitative estimate of drug-likeness (QED) is 0.447. The summed E-state index contributed by atoms with van der Waals surface area (Å²) in [6.07, 6.45) is 0. The van der Waals surface area contributed by atoms with Crippen molar-refractivity contribution < 1.29 is 4.79 Å². The maximum Gasteiger partial charge on any atom is 0.175 e. The van der Waals surface area contributed by atoms with Gasteiger partial charge < -0.3 is 0 Å². The fourth-order valence-corrected chi connectivity index (χ4v) is 0.702. The molecule has 0 aromatic heterocycles. The lowest BCUT2D eigenvalue weighted by Gasteiger charge is -2.02. The Balaban J connectivity index is 4.73. The molecule has 0 rings (SSSR count). The minimum absolute atomic E-state index is 0.0625. The van der Waals surface area contributed by atoms with E-state index in [1.54, 1.807) is 27.7 Å². The summed E-state index contributed by atoms with van der Waals surface area (Å²) in [6.45, 7) is 7.14. The minimum atomic E-state index is -0.0838. The highest BCUT2D eigenvalue weighted by Gasteiger charge is 2.13. The van der Waals surface area contributed by atoms with Crippen molar-refractivity contribution in [1.82, 2.24) is 0 Å². The molecule has 0 N–H and O–H groups in total. The molecule has 0 spiro atoms. The van der Waals surface area contributed by atoms with Crippen molar-refractivity contribution in [3.8, 4) is 6.07 Å². The van der Waals surface area contributed by atoms with Crippen LogP contribution in [0.25, 0.3) is 0 Å². The number of hydrogen-bond donors (Lipinski definition) is 0. The molecular weight excluding hydrogens is 138 g/mol. The van der Waals surface area contributed by atoms with Gasteiger partial charge >= 0.3 is 0 Å². The van der Waals surface area contributed by atoms with Crippen molar-refractivity contribution >= 4 is 5.78 Å². The van der Waals surface area contributed by atoms with Gasteiger partial charge in [0.05, 0.1) is 5.57 Å². The van der Waals surface area contributed by atoms with Gasteiger partial charge in [0.15, 0.2) is 5.78 Å². The van der Waals surface area contributed by atoms with Gasteiger partial charge in [0.2, 0.25) is 0 Å². The molecule has 0 heterocycles. The predicted molar refractivity (Wildman–Crippen MR) is 43.8 cm³/mol. The molecule has 60 valence electrons. The zero-order valence-corrected chi connectivity index (χ0v) is 7.43. The van der Waals surface area contributed by atoms with E-state index in [9.17, 15) is 4.79 Å². The van der Waals surface area contributed by atoms with Crippen LogP contribution in [0, 0.1) is 17.2 Å². The molecule has 0 aliphatic heterocycles. The Hall–Kier alpha value is -1.10. The highest BCUT2D eigenvalue weighted by atomic mass is 16.1. The number of nitrogens with zero attached hydrogens (tertiary/aromatic N) is 1. The van der Waals surface area contributed by atoms with Gasteiger partial charge in [-0.05, 0) is 13.8 Å². The summed E-state index contributed by atoms with van der Waals surface area (Å²) in [5, 5.41) is 8.59. The van der Waals surface area contributed by atoms with E-state index in [0.29, 0.717) is 5.57 Å². The molecule has 11 heavy (non-hydrogen) atoms. The topological polar surface area (TPSA) is 40.9 Å². The molecule has 0 saturated heterocycles. The minimum Gasteiger partial charge on any atom is -0.293 e. The number of allylic oxidation sites excluding steroid dienone is 2. The first-order valence-electron chi connectivity index (χ1n) is 3.62.